The highest BCUT2D eigenvalue weighted by atomic mass is 35.5. The summed E-state index contributed by atoms with van der Waals surface area (Å²) in [6.45, 7) is 1.69. The number of pyridine rings is 1. The van der Waals surface area contributed by atoms with Gasteiger partial charge in [0.15, 0.2) is 11.0 Å². The summed E-state index contributed by atoms with van der Waals surface area (Å²) >= 11 is 11.5. The number of aromatic nitrogens is 3. The molecule has 8 heteroatoms. The molecule has 3 nitrogen and oxygen atoms in total. The summed E-state index contributed by atoms with van der Waals surface area (Å²) in [5.41, 5.74) is -0.290. The number of hydrogen-bond donors (Lipinski definition) is 0. The zero-order chi connectivity index (χ0) is 13.5. The normalized spacial score (nSPS) is 11.9. The first-order valence-electron chi connectivity index (χ1n) is 4.74. The van der Waals surface area contributed by atoms with Gasteiger partial charge >= 0.3 is 6.18 Å². The molecule has 0 atom stereocenters. The van der Waals surface area contributed by atoms with Crippen LogP contribution in [-0.4, -0.2) is 14.8 Å². The third-order valence-electron chi connectivity index (χ3n) is 2.21. The molecule has 0 aliphatic heterocycles. The molecule has 0 saturated carbocycles. The lowest BCUT2D eigenvalue weighted by atomic mass is 10.3. The molecule has 0 bridgehead atoms. The summed E-state index contributed by atoms with van der Waals surface area (Å²) in [4.78, 5) is 3.68. The smallest absolute Gasteiger partial charge is 0.235 e. The molecule has 2 aromatic rings. The van der Waals surface area contributed by atoms with Gasteiger partial charge in [-0.15, -0.1) is 0 Å². The van der Waals surface area contributed by atoms with Crippen LogP contribution in [0.3, 0.4) is 0 Å². The van der Waals surface area contributed by atoms with Gasteiger partial charge in [0.25, 0.3) is 0 Å². The highest BCUT2D eigenvalue weighted by Crippen LogP contribution is 2.32. The van der Waals surface area contributed by atoms with Crippen LogP contribution in [0.2, 0.25) is 10.2 Å². The van der Waals surface area contributed by atoms with Gasteiger partial charge in [-0.25, -0.2) is 9.67 Å². The molecule has 0 spiro atoms. The number of hydrogen-bond acceptors (Lipinski definition) is 2. The van der Waals surface area contributed by atoms with Crippen molar-refractivity contribution in [3.63, 3.8) is 0 Å². The van der Waals surface area contributed by atoms with Gasteiger partial charge in [-0.05, 0) is 19.1 Å². The predicted molar refractivity (Wildman–Crippen MR) is 61.1 cm³/mol. The second kappa shape index (κ2) is 4.44. The van der Waals surface area contributed by atoms with Gasteiger partial charge in [-0.2, -0.15) is 18.3 Å². The van der Waals surface area contributed by atoms with Crippen LogP contribution in [0.5, 0.6) is 0 Å². The molecule has 0 radical (unpaired) electrons. The fraction of sp³-hybridized carbons (Fsp3) is 0.200. The first kappa shape index (κ1) is 13.2. The molecule has 0 aliphatic rings. The van der Waals surface area contributed by atoms with Crippen molar-refractivity contribution in [3.05, 3.63) is 39.8 Å². The van der Waals surface area contributed by atoms with Gasteiger partial charge in [-0.3, -0.25) is 0 Å². The van der Waals surface area contributed by atoms with E-state index < -0.39 is 11.7 Å². The van der Waals surface area contributed by atoms with Crippen LogP contribution in [-0.2, 0) is 6.18 Å². The lowest BCUT2D eigenvalue weighted by molar-refractivity contribution is -0.137. The van der Waals surface area contributed by atoms with Crippen molar-refractivity contribution in [2.45, 2.75) is 13.1 Å². The van der Waals surface area contributed by atoms with Crippen LogP contribution in [0.4, 0.5) is 13.2 Å². The third kappa shape index (κ3) is 2.44. The van der Waals surface area contributed by atoms with Crippen LogP contribution < -0.4 is 0 Å². The van der Waals surface area contributed by atoms with Gasteiger partial charge in [0.1, 0.15) is 0 Å². The van der Waals surface area contributed by atoms with Crippen molar-refractivity contribution in [3.8, 4) is 5.82 Å². The Morgan fingerprint density at radius 2 is 1.89 bits per heavy atom. The lowest BCUT2D eigenvalue weighted by Gasteiger charge is -2.09. The van der Waals surface area contributed by atoms with Crippen LogP contribution >= 0.6 is 23.2 Å². The van der Waals surface area contributed by atoms with E-state index in [-0.39, 0.29) is 16.0 Å². The summed E-state index contributed by atoms with van der Waals surface area (Å²) in [5.74, 6) is 0.106. The average Bonchev–Trinajstić information content (AvgIpc) is 2.56. The minimum absolute atomic E-state index is 0.106. The molecule has 2 heterocycles. The van der Waals surface area contributed by atoms with E-state index in [9.17, 15) is 13.2 Å². The van der Waals surface area contributed by atoms with Crippen molar-refractivity contribution in [2.75, 3.05) is 0 Å². The van der Waals surface area contributed by atoms with Gasteiger partial charge < -0.3 is 0 Å². The molecule has 0 aromatic carbocycles. The second-order valence-corrected chi connectivity index (χ2v) is 4.34. The largest absolute Gasteiger partial charge is 0.417 e. The summed E-state index contributed by atoms with van der Waals surface area (Å²) < 4.78 is 38.6. The Hall–Kier alpha value is -1.27. The lowest BCUT2D eigenvalue weighted by Crippen LogP contribution is -2.08. The Morgan fingerprint density at radius 1 is 1.22 bits per heavy atom. The highest BCUT2D eigenvalue weighted by Gasteiger charge is 2.31. The fourth-order valence-electron chi connectivity index (χ4n) is 1.39. The number of nitrogens with zero attached hydrogens (tertiary/aromatic N) is 3. The van der Waals surface area contributed by atoms with Crippen molar-refractivity contribution < 1.29 is 13.2 Å². The minimum atomic E-state index is -4.48. The Morgan fingerprint density at radius 3 is 2.33 bits per heavy atom. The average molecular weight is 296 g/mol. The molecular weight excluding hydrogens is 290 g/mol. The van der Waals surface area contributed by atoms with Crippen LogP contribution in [0.15, 0.2) is 18.3 Å². The molecule has 0 fully saturated rings. The van der Waals surface area contributed by atoms with Crippen molar-refractivity contribution in [1.29, 1.82) is 0 Å². The standard InChI is InChI=1S/C10H6Cl2F3N3/c1-5-2-8(12)17-18(5)9-7(11)3-6(4-16-9)10(13,14)15/h2-4H,1H3. The number of rotatable bonds is 1. The SMILES string of the molecule is Cc1cc(Cl)nn1-c1ncc(C(F)(F)F)cc1Cl. The Balaban J connectivity index is 2.51. The van der Waals surface area contributed by atoms with Gasteiger partial charge in [-0.1, -0.05) is 23.2 Å². The van der Waals surface area contributed by atoms with Gasteiger partial charge in [0.05, 0.1) is 10.6 Å². The molecule has 0 unspecified atom stereocenters. The number of alkyl halides is 3. The Bertz CT molecular complexity index is 593. The molecule has 96 valence electrons. The molecular formula is C10H6Cl2F3N3. The van der Waals surface area contributed by atoms with Crippen molar-refractivity contribution >= 4 is 23.2 Å². The maximum Gasteiger partial charge on any atom is 0.417 e. The number of aryl methyl sites for hydroxylation is 1. The molecule has 2 aromatic heterocycles. The van der Waals surface area contributed by atoms with Gasteiger partial charge in [0, 0.05) is 11.9 Å². The zero-order valence-corrected chi connectivity index (χ0v) is 10.5. The molecule has 0 amide bonds. The van der Waals surface area contributed by atoms with E-state index in [1.165, 1.54) is 4.68 Å². The molecule has 18 heavy (non-hydrogen) atoms. The Labute approximate surface area is 110 Å². The van der Waals surface area contributed by atoms with Crippen LogP contribution in [0.25, 0.3) is 5.82 Å². The summed E-state index contributed by atoms with van der Waals surface area (Å²) in [7, 11) is 0. The Kier molecular flexibility index (Phi) is 3.25. The second-order valence-electron chi connectivity index (χ2n) is 3.55. The van der Waals surface area contributed by atoms with Crippen molar-refractivity contribution in [2.24, 2.45) is 0 Å². The fourth-order valence-corrected chi connectivity index (χ4v) is 1.87. The van der Waals surface area contributed by atoms with Crippen molar-refractivity contribution in [1.82, 2.24) is 14.8 Å². The van der Waals surface area contributed by atoms with E-state index in [0.29, 0.717) is 11.9 Å². The molecule has 2 rings (SSSR count). The highest BCUT2D eigenvalue weighted by molar-refractivity contribution is 6.32. The maximum absolute atomic E-state index is 12.4. The van der Waals surface area contributed by atoms with E-state index in [2.05, 4.69) is 10.1 Å². The molecule has 0 saturated heterocycles. The maximum atomic E-state index is 12.4. The quantitative estimate of drug-likeness (QED) is 0.799. The molecule has 0 N–H and O–H groups in total. The topological polar surface area (TPSA) is 30.7 Å². The summed E-state index contributed by atoms with van der Waals surface area (Å²) in [5, 5.41) is 3.95. The van der Waals surface area contributed by atoms with Gasteiger partial charge in [0.2, 0.25) is 0 Å². The van der Waals surface area contributed by atoms with E-state index in [0.717, 1.165) is 6.07 Å². The minimum Gasteiger partial charge on any atom is -0.235 e. The van der Waals surface area contributed by atoms with Crippen LogP contribution in [0, 0.1) is 6.92 Å². The summed E-state index contributed by atoms with van der Waals surface area (Å²) in [6.07, 6.45) is -3.78. The zero-order valence-electron chi connectivity index (χ0n) is 8.96. The van der Waals surface area contributed by atoms with E-state index in [4.69, 9.17) is 23.2 Å². The van der Waals surface area contributed by atoms with Crippen LogP contribution in [0.1, 0.15) is 11.3 Å². The number of halogens is 5. The van der Waals surface area contributed by atoms with E-state index in [1.807, 2.05) is 0 Å². The first-order valence-corrected chi connectivity index (χ1v) is 5.50. The predicted octanol–water partition coefficient (Wildman–Crippen LogP) is 3.90. The monoisotopic (exact) mass is 295 g/mol. The first-order chi connectivity index (χ1) is 8.29. The molecule has 0 aliphatic carbocycles. The van der Waals surface area contributed by atoms with E-state index in [1.54, 1.807) is 13.0 Å². The third-order valence-corrected chi connectivity index (χ3v) is 2.67. The summed E-state index contributed by atoms with van der Waals surface area (Å²) in [6, 6.07) is 2.36. The van der Waals surface area contributed by atoms with E-state index >= 15 is 0 Å².